The third-order valence-electron chi connectivity index (χ3n) is 7.58. The highest BCUT2D eigenvalue weighted by molar-refractivity contribution is 5.87. The van der Waals surface area contributed by atoms with Crippen LogP contribution in [0, 0.1) is 5.92 Å². The van der Waals surface area contributed by atoms with Gasteiger partial charge in [-0.3, -0.25) is 9.69 Å². The Balaban J connectivity index is 1.20. The minimum Gasteiger partial charge on any atom is -0.489 e. The molecule has 0 saturated carbocycles. The molecule has 1 aliphatic rings. The molecule has 0 bridgehead atoms. The zero-order valence-electron chi connectivity index (χ0n) is 23.0. The Morgan fingerprint density at radius 2 is 1.44 bits per heavy atom. The van der Waals surface area contributed by atoms with Crippen LogP contribution < -0.4 is 4.74 Å². The lowest BCUT2D eigenvalue weighted by molar-refractivity contribution is -0.146. The largest absolute Gasteiger partial charge is 0.489 e. The predicted molar refractivity (Wildman–Crippen MR) is 158 cm³/mol. The van der Waals surface area contributed by atoms with Gasteiger partial charge in [-0.25, -0.2) is 4.79 Å². The van der Waals surface area contributed by atoms with E-state index in [9.17, 15) is 9.59 Å². The lowest BCUT2D eigenvalue weighted by Gasteiger charge is -2.32. The average Bonchev–Trinajstić information content (AvgIpc) is 3.01. The molecular formula is C35H35NO5. The number of aromatic carboxylic acids is 1. The Morgan fingerprint density at radius 3 is 2.12 bits per heavy atom. The molecule has 6 nitrogen and oxygen atoms in total. The first-order valence-electron chi connectivity index (χ1n) is 14.1. The summed E-state index contributed by atoms with van der Waals surface area (Å²) in [6.45, 7) is 3.65. The van der Waals surface area contributed by atoms with Crippen LogP contribution >= 0.6 is 0 Å². The van der Waals surface area contributed by atoms with Gasteiger partial charge in [-0.05, 0) is 78.4 Å². The second kappa shape index (κ2) is 13.8. The van der Waals surface area contributed by atoms with Crippen LogP contribution in [0.15, 0.2) is 109 Å². The van der Waals surface area contributed by atoms with Gasteiger partial charge in [0.15, 0.2) is 0 Å². The minimum absolute atomic E-state index is 0.234. The third-order valence-corrected chi connectivity index (χ3v) is 7.58. The van der Waals surface area contributed by atoms with E-state index in [-0.39, 0.29) is 18.1 Å². The van der Waals surface area contributed by atoms with Gasteiger partial charge in [0.1, 0.15) is 18.3 Å². The van der Waals surface area contributed by atoms with E-state index in [1.165, 1.54) is 5.56 Å². The smallest absolute Gasteiger partial charge is 0.335 e. The van der Waals surface area contributed by atoms with Gasteiger partial charge in [-0.2, -0.15) is 0 Å². The number of carbonyl (C=O) groups excluding carboxylic acids is 1. The molecule has 0 aliphatic carbocycles. The van der Waals surface area contributed by atoms with Gasteiger partial charge in [0.25, 0.3) is 0 Å². The van der Waals surface area contributed by atoms with Crippen molar-refractivity contribution in [3.8, 4) is 5.75 Å². The number of piperidine rings is 1. The molecule has 41 heavy (non-hydrogen) atoms. The average molecular weight is 550 g/mol. The van der Waals surface area contributed by atoms with Crippen molar-refractivity contribution in [2.45, 2.75) is 31.9 Å². The van der Waals surface area contributed by atoms with Gasteiger partial charge in [0.05, 0.1) is 12.2 Å². The van der Waals surface area contributed by atoms with Crippen molar-refractivity contribution in [1.29, 1.82) is 0 Å². The van der Waals surface area contributed by atoms with Gasteiger partial charge in [0, 0.05) is 6.54 Å². The number of carboxylic acids is 1. The molecule has 5 rings (SSSR count). The number of carbonyl (C=O) groups is 2. The molecule has 0 spiro atoms. The Morgan fingerprint density at radius 1 is 0.780 bits per heavy atom. The fourth-order valence-corrected chi connectivity index (χ4v) is 5.24. The normalized spacial score (nSPS) is 14.7. The van der Waals surface area contributed by atoms with Gasteiger partial charge < -0.3 is 14.6 Å². The maximum absolute atomic E-state index is 13.5. The number of ether oxygens (including phenoxy) is 2. The van der Waals surface area contributed by atoms with Gasteiger partial charge in [-0.15, -0.1) is 0 Å². The molecule has 210 valence electrons. The molecule has 4 aromatic carbocycles. The molecule has 1 aliphatic heterocycles. The highest BCUT2D eigenvalue weighted by Gasteiger charge is 2.27. The summed E-state index contributed by atoms with van der Waals surface area (Å²) in [5, 5.41) is 9.11. The van der Waals surface area contributed by atoms with Crippen molar-refractivity contribution >= 4 is 11.9 Å². The standard InChI is InChI=1S/C35H35NO5/c37-34(38)30-16-14-27(15-17-30)24-40-32-13-7-12-31(22-32)33(29-10-5-2-6-11-29)35(39)41-25-28-18-20-36(21-19-28)23-26-8-3-1-4-9-26/h1-17,22,28,33H,18-21,23-25H2,(H,37,38). The Kier molecular flexibility index (Phi) is 9.45. The Bertz CT molecular complexity index is 1410. The van der Waals surface area contributed by atoms with Crippen molar-refractivity contribution in [2.75, 3.05) is 19.7 Å². The number of rotatable bonds is 11. The first kappa shape index (κ1) is 28.1. The molecule has 1 unspecified atom stereocenters. The van der Waals surface area contributed by atoms with E-state index < -0.39 is 11.9 Å². The quantitative estimate of drug-likeness (QED) is 0.214. The van der Waals surface area contributed by atoms with E-state index in [4.69, 9.17) is 14.6 Å². The summed E-state index contributed by atoms with van der Waals surface area (Å²) in [4.78, 5) is 27.1. The second-order valence-electron chi connectivity index (χ2n) is 10.5. The molecule has 1 atom stereocenters. The summed E-state index contributed by atoms with van der Waals surface area (Å²) in [7, 11) is 0. The summed E-state index contributed by atoms with van der Waals surface area (Å²) >= 11 is 0. The minimum atomic E-state index is -0.961. The van der Waals surface area contributed by atoms with E-state index in [0.717, 1.165) is 49.2 Å². The van der Waals surface area contributed by atoms with E-state index in [2.05, 4.69) is 29.2 Å². The third kappa shape index (κ3) is 7.83. The number of nitrogens with zero attached hydrogens (tertiary/aromatic N) is 1. The van der Waals surface area contributed by atoms with Crippen LogP contribution in [0.25, 0.3) is 0 Å². The molecule has 0 amide bonds. The van der Waals surface area contributed by atoms with Crippen LogP contribution in [-0.2, 0) is 22.7 Å². The number of hydrogen-bond donors (Lipinski definition) is 1. The second-order valence-corrected chi connectivity index (χ2v) is 10.5. The fourth-order valence-electron chi connectivity index (χ4n) is 5.24. The van der Waals surface area contributed by atoms with E-state index in [1.807, 2.05) is 60.7 Å². The molecule has 4 aromatic rings. The maximum atomic E-state index is 13.5. The van der Waals surface area contributed by atoms with Crippen molar-refractivity contribution in [3.63, 3.8) is 0 Å². The van der Waals surface area contributed by atoms with Crippen LogP contribution in [-0.4, -0.2) is 41.6 Å². The molecule has 1 N–H and O–H groups in total. The topological polar surface area (TPSA) is 76.1 Å². The number of hydrogen-bond acceptors (Lipinski definition) is 5. The van der Waals surface area contributed by atoms with Crippen LogP contribution in [0.4, 0.5) is 0 Å². The monoisotopic (exact) mass is 549 g/mol. The van der Waals surface area contributed by atoms with Crippen LogP contribution in [0.1, 0.15) is 51.4 Å². The Hall–Kier alpha value is -4.42. The zero-order valence-corrected chi connectivity index (χ0v) is 23.0. The number of benzene rings is 4. The lowest BCUT2D eigenvalue weighted by Crippen LogP contribution is -2.35. The number of carboxylic acid groups (broad SMARTS) is 1. The van der Waals surface area contributed by atoms with Crippen molar-refractivity contribution in [1.82, 2.24) is 4.90 Å². The lowest BCUT2D eigenvalue weighted by atomic mass is 9.91. The highest BCUT2D eigenvalue weighted by atomic mass is 16.5. The van der Waals surface area contributed by atoms with E-state index in [1.54, 1.807) is 24.3 Å². The van der Waals surface area contributed by atoms with E-state index >= 15 is 0 Å². The molecule has 0 radical (unpaired) electrons. The summed E-state index contributed by atoms with van der Waals surface area (Å²) in [5.41, 5.74) is 4.09. The van der Waals surface area contributed by atoms with Gasteiger partial charge >= 0.3 is 11.9 Å². The first-order valence-corrected chi connectivity index (χ1v) is 14.1. The summed E-state index contributed by atoms with van der Waals surface area (Å²) in [6.07, 6.45) is 2.01. The molecule has 0 aromatic heterocycles. The first-order chi connectivity index (χ1) is 20.0. The maximum Gasteiger partial charge on any atom is 0.335 e. The molecule has 1 heterocycles. The van der Waals surface area contributed by atoms with Crippen LogP contribution in [0.3, 0.4) is 0 Å². The molecule has 1 fully saturated rings. The Labute approximate surface area is 241 Å². The van der Waals surface area contributed by atoms with Crippen molar-refractivity contribution < 1.29 is 24.2 Å². The molecular weight excluding hydrogens is 514 g/mol. The van der Waals surface area contributed by atoms with Gasteiger partial charge in [-0.1, -0.05) is 84.9 Å². The van der Waals surface area contributed by atoms with Crippen LogP contribution in [0.2, 0.25) is 0 Å². The SMILES string of the molecule is O=C(O)c1ccc(COc2cccc(C(C(=O)OCC3CCN(Cc4ccccc4)CC3)c3ccccc3)c2)cc1. The predicted octanol–water partition coefficient (Wildman–Crippen LogP) is 6.55. The fraction of sp³-hybridized carbons (Fsp3) is 0.257. The van der Waals surface area contributed by atoms with Gasteiger partial charge in [0.2, 0.25) is 0 Å². The molecule has 6 heteroatoms. The number of esters is 1. The summed E-state index contributed by atoms with van der Waals surface area (Å²) in [5.74, 6) is -0.802. The highest BCUT2D eigenvalue weighted by Crippen LogP contribution is 2.30. The summed E-state index contributed by atoms with van der Waals surface area (Å²) in [6, 6.07) is 34.4. The van der Waals surface area contributed by atoms with Crippen LogP contribution in [0.5, 0.6) is 5.75 Å². The zero-order chi connectivity index (χ0) is 28.4. The number of likely N-dealkylation sites (tertiary alicyclic amines) is 1. The van der Waals surface area contributed by atoms with Crippen molar-refractivity contribution in [2.24, 2.45) is 5.92 Å². The molecule has 1 saturated heterocycles. The van der Waals surface area contributed by atoms with E-state index in [0.29, 0.717) is 18.3 Å². The summed E-state index contributed by atoms with van der Waals surface area (Å²) < 4.78 is 12.0. The van der Waals surface area contributed by atoms with Crippen molar-refractivity contribution in [3.05, 3.63) is 137 Å².